The Morgan fingerprint density at radius 3 is 2.67 bits per heavy atom. The Hall–Kier alpha value is -1.75. The first-order valence-corrected chi connectivity index (χ1v) is 5.74. The lowest BCUT2D eigenvalue weighted by molar-refractivity contribution is 0.0602. The summed E-state index contributed by atoms with van der Waals surface area (Å²) in [5.41, 5.74) is 8.27. The van der Waals surface area contributed by atoms with Gasteiger partial charge < -0.3 is 20.5 Å². The first-order chi connectivity index (χ1) is 8.36. The van der Waals surface area contributed by atoms with E-state index in [2.05, 4.69) is 0 Å². The van der Waals surface area contributed by atoms with Gasteiger partial charge in [-0.15, -0.1) is 0 Å². The number of anilines is 2. The molecule has 0 fully saturated rings. The molecule has 0 amide bonds. The predicted molar refractivity (Wildman–Crippen MR) is 71.9 cm³/mol. The highest BCUT2D eigenvalue weighted by atomic mass is 16.5. The number of aryl methyl sites for hydroxylation is 1. The standard InChI is InChI=1S/C13H20N2O3/c1-8-5-10(15(3)7-9(2)16)6-11(12(8)14)13(17)18-4/h5-6,9,16H,7,14H2,1-4H3. The molecule has 1 aromatic rings. The van der Waals surface area contributed by atoms with E-state index in [1.807, 2.05) is 24.9 Å². The molecule has 100 valence electrons. The SMILES string of the molecule is COC(=O)c1cc(N(C)CC(C)O)cc(C)c1N. The molecule has 0 bridgehead atoms. The molecule has 18 heavy (non-hydrogen) atoms. The van der Waals surface area contributed by atoms with Gasteiger partial charge in [0.2, 0.25) is 0 Å². The van der Waals surface area contributed by atoms with Crippen molar-refractivity contribution in [2.45, 2.75) is 20.0 Å². The molecule has 0 saturated carbocycles. The summed E-state index contributed by atoms with van der Waals surface area (Å²) in [5, 5.41) is 9.37. The van der Waals surface area contributed by atoms with Crippen LogP contribution in [0.15, 0.2) is 12.1 Å². The molecule has 5 heteroatoms. The second kappa shape index (κ2) is 5.73. The smallest absolute Gasteiger partial charge is 0.340 e. The van der Waals surface area contributed by atoms with Crippen LogP contribution < -0.4 is 10.6 Å². The molecular formula is C13H20N2O3. The number of nitrogen functional groups attached to an aromatic ring is 1. The highest BCUT2D eigenvalue weighted by Crippen LogP contribution is 2.25. The highest BCUT2D eigenvalue weighted by Gasteiger charge is 2.15. The number of aliphatic hydroxyl groups is 1. The molecular weight excluding hydrogens is 232 g/mol. The number of hydrogen-bond acceptors (Lipinski definition) is 5. The van der Waals surface area contributed by atoms with Gasteiger partial charge in [0.25, 0.3) is 0 Å². The third-order valence-electron chi connectivity index (χ3n) is 2.76. The van der Waals surface area contributed by atoms with Crippen LogP contribution in [0.2, 0.25) is 0 Å². The summed E-state index contributed by atoms with van der Waals surface area (Å²) < 4.78 is 4.70. The largest absolute Gasteiger partial charge is 0.465 e. The maximum absolute atomic E-state index is 11.6. The molecule has 0 aliphatic heterocycles. The molecule has 0 radical (unpaired) electrons. The maximum atomic E-state index is 11.6. The van der Waals surface area contributed by atoms with Crippen molar-refractivity contribution in [1.29, 1.82) is 0 Å². The quantitative estimate of drug-likeness (QED) is 0.621. The van der Waals surface area contributed by atoms with E-state index < -0.39 is 12.1 Å². The Morgan fingerprint density at radius 1 is 1.56 bits per heavy atom. The van der Waals surface area contributed by atoms with Crippen molar-refractivity contribution in [2.75, 3.05) is 31.3 Å². The molecule has 1 rings (SSSR count). The Morgan fingerprint density at radius 2 is 2.17 bits per heavy atom. The highest BCUT2D eigenvalue weighted by molar-refractivity contribution is 5.97. The molecule has 1 aromatic carbocycles. The van der Waals surface area contributed by atoms with E-state index in [0.29, 0.717) is 17.8 Å². The van der Waals surface area contributed by atoms with Crippen LogP contribution in [0.5, 0.6) is 0 Å². The number of ether oxygens (including phenoxy) is 1. The Kier molecular flexibility index (Phi) is 4.55. The first kappa shape index (κ1) is 14.3. The number of methoxy groups -OCH3 is 1. The maximum Gasteiger partial charge on any atom is 0.340 e. The second-order valence-electron chi connectivity index (χ2n) is 4.45. The van der Waals surface area contributed by atoms with Crippen LogP contribution in [0.1, 0.15) is 22.8 Å². The number of carbonyl (C=O) groups is 1. The first-order valence-electron chi connectivity index (χ1n) is 5.74. The van der Waals surface area contributed by atoms with Crippen molar-refractivity contribution in [3.05, 3.63) is 23.3 Å². The van der Waals surface area contributed by atoms with Gasteiger partial charge in [-0.25, -0.2) is 4.79 Å². The third kappa shape index (κ3) is 3.13. The van der Waals surface area contributed by atoms with E-state index in [0.717, 1.165) is 11.3 Å². The minimum absolute atomic E-state index is 0.352. The fourth-order valence-corrected chi connectivity index (χ4v) is 1.78. The molecule has 0 saturated heterocycles. The Labute approximate surface area is 107 Å². The van der Waals surface area contributed by atoms with E-state index in [9.17, 15) is 9.90 Å². The number of carbonyl (C=O) groups excluding carboxylic acids is 1. The minimum atomic E-state index is -0.456. The van der Waals surface area contributed by atoms with Gasteiger partial charge in [-0.3, -0.25) is 0 Å². The van der Waals surface area contributed by atoms with Crippen molar-refractivity contribution in [3.63, 3.8) is 0 Å². The Balaban J connectivity index is 3.15. The molecule has 0 aromatic heterocycles. The van der Waals surface area contributed by atoms with Crippen molar-refractivity contribution >= 4 is 17.3 Å². The van der Waals surface area contributed by atoms with E-state index in [4.69, 9.17) is 10.5 Å². The number of aliphatic hydroxyl groups excluding tert-OH is 1. The molecule has 0 spiro atoms. The zero-order valence-corrected chi connectivity index (χ0v) is 11.2. The van der Waals surface area contributed by atoms with E-state index >= 15 is 0 Å². The van der Waals surface area contributed by atoms with E-state index in [1.54, 1.807) is 13.0 Å². The van der Waals surface area contributed by atoms with Crippen LogP contribution in [-0.2, 0) is 4.74 Å². The van der Waals surface area contributed by atoms with Crippen LogP contribution in [0.4, 0.5) is 11.4 Å². The van der Waals surface area contributed by atoms with Gasteiger partial charge in [0, 0.05) is 25.0 Å². The average molecular weight is 252 g/mol. The number of nitrogens with zero attached hydrogens (tertiary/aromatic N) is 1. The number of likely N-dealkylation sites (N-methyl/N-ethyl adjacent to an activating group) is 1. The summed E-state index contributed by atoms with van der Waals surface area (Å²) in [6.45, 7) is 4.02. The van der Waals surface area contributed by atoms with Gasteiger partial charge in [-0.1, -0.05) is 0 Å². The lowest BCUT2D eigenvalue weighted by Gasteiger charge is -2.22. The summed E-state index contributed by atoms with van der Waals surface area (Å²) in [7, 11) is 3.17. The zero-order chi connectivity index (χ0) is 13.9. The van der Waals surface area contributed by atoms with Crippen LogP contribution in [0.25, 0.3) is 0 Å². The van der Waals surface area contributed by atoms with E-state index in [1.165, 1.54) is 7.11 Å². The van der Waals surface area contributed by atoms with Crippen LogP contribution in [-0.4, -0.2) is 37.9 Å². The summed E-state index contributed by atoms with van der Waals surface area (Å²) in [5.74, 6) is -0.456. The second-order valence-corrected chi connectivity index (χ2v) is 4.45. The predicted octanol–water partition coefficient (Wildman–Crippen LogP) is 1.18. The van der Waals surface area contributed by atoms with Crippen LogP contribution in [0, 0.1) is 6.92 Å². The molecule has 1 atom stereocenters. The number of nitrogens with two attached hydrogens (primary N) is 1. The monoisotopic (exact) mass is 252 g/mol. The molecule has 0 heterocycles. The van der Waals surface area contributed by atoms with Gasteiger partial charge >= 0.3 is 5.97 Å². The number of benzene rings is 1. The van der Waals surface area contributed by atoms with Crippen molar-refractivity contribution in [1.82, 2.24) is 0 Å². The number of rotatable bonds is 4. The Bertz CT molecular complexity index is 444. The van der Waals surface area contributed by atoms with Gasteiger partial charge in [0.05, 0.1) is 18.8 Å². The van der Waals surface area contributed by atoms with Crippen LogP contribution >= 0.6 is 0 Å². The summed E-state index contributed by atoms with van der Waals surface area (Å²) in [6.07, 6.45) is -0.450. The van der Waals surface area contributed by atoms with Gasteiger partial charge in [-0.2, -0.15) is 0 Å². The van der Waals surface area contributed by atoms with Crippen molar-refractivity contribution in [2.24, 2.45) is 0 Å². The van der Waals surface area contributed by atoms with Gasteiger partial charge in [0.15, 0.2) is 0 Å². The summed E-state index contributed by atoms with van der Waals surface area (Å²) >= 11 is 0. The summed E-state index contributed by atoms with van der Waals surface area (Å²) in [6, 6.07) is 3.56. The normalized spacial score (nSPS) is 12.1. The third-order valence-corrected chi connectivity index (χ3v) is 2.76. The van der Waals surface area contributed by atoms with Crippen molar-refractivity contribution in [3.8, 4) is 0 Å². The molecule has 0 aliphatic rings. The minimum Gasteiger partial charge on any atom is -0.465 e. The molecule has 1 unspecified atom stereocenters. The van der Waals surface area contributed by atoms with Crippen molar-refractivity contribution < 1.29 is 14.6 Å². The number of esters is 1. The number of hydrogen-bond donors (Lipinski definition) is 2. The van der Waals surface area contributed by atoms with E-state index in [-0.39, 0.29) is 0 Å². The lowest BCUT2D eigenvalue weighted by atomic mass is 10.1. The molecule has 3 N–H and O–H groups in total. The average Bonchev–Trinajstić information content (AvgIpc) is 2.30. The summed E-state index contributed by atoms with van der Waals surface area (Å²) in [4.78, 5) is 13.5. The van der Waals surface area contributed by atoms with Gasteiger partial charge in [0.1, 0.15) is 0 Å². The van der Waals surface area contributed by atoms with Gasteiger partial charge in [-0.05, 0) is 31.5 Å². The molecule has 5 nitrogen and oxygen atoms in total. The fourth-order valence-electron chi connectivity index (χ4n) is 1.78. The van der Waals surface area contributed by atoms with Crippen LogP contribution in [0.3, 0.4) is 0 Å². The lowest BCUT2D eigenvalue weighted by Crippen LogP contribution is -2.27. The molecule has 0 aliphatic carbocycles. The fraction of sp³-hybridized carbons (Fsp3) is 0.462. The zero-order valence-electron chi connectivity index (χ0n) is 11.2. The topological polar surface area (TPSA) is 75.8 Å².